The van der Waals surface area contributed by atoms with Gasteiger partial charge in [0.1, 0.15) is 0 Å². The fourth-order valence-corrected chi connectivity index (χ4v) is 5.30. The molecule has 4 nitrogen and oxygen atoms in total. The minimum atomic E-state index is -0.368. The third-order valence-electron chi connectivity index (χ3n) is 6.78. The lowest BCUT2D eigenvalue weighted by Gasteiger charge is -2.36. The van der Waals surface area contributed by atoms with Gasteiger partial charge in [-0.3, -0.25) is 14.5 Å². The summed E-state index contributed by atoms with van der Waals surface area (Å²) in [5, 5.41) is 0. The Labute approximate surface area is 166 Å². The number of carbonyl (C=O) groups excluding carboxylic acids is 2. The number of piperidine rings is 1. The van der Waals surface area contributed by atoms with E-state index in [1.165, 1.54) is 11.1 Å². The van der Waals surface area contributed by atoms with Crippen LogP contribution in [-0.2, 0) is 17.6 Å². The van der Waals surface area contributed by atoms with E-state index in [-0.39, 0.29) is 17.7 Å². The van der Waals surface area contributed by atoms with Crippen molar-refractivity contribution in [1.29, 1.82) is 0 Å². The van der Waals surface area contributed by atoms with Crippen LogP contribution in [0.3, 0.4) is 0 Å². The average molecular weight is 374 g/mol. The number of ketones is 1. The lowest BCUT2D eigenvalue weighted by atomic mass is 9.94. The Hall–Kier alpha value is -2.46. The number of carbonyl (C=O) groups is 2. The fourth-order valence-electron chi connectivity index (χ4n) is 5.30. The molecule has 144 valence electrons. The molecule has 3 aliphatic heterocycles. The van der Waals surface area contributed by atoms with E-state index in [0.717, 1.165) is 45.3 Å². The zero-order valence-electron chi connectivity index (χ0n) is 16.1. The van der Waals surface area contributed by atoms with Crippen molar-refractivity contribution >= 4 is 11.7 Å². The van der Waals surface area contributed by atoms with Crippen molar-refractivity contribution in [3.63, 3.8) is 0 Å². The van der Waals surface area contributed by atoms with Crippen molar-refractivity contribution in [3.05, 3.63) is 71.3 Å². The lowest BCUT2D eigenvalue weighted by molar-refractivity contribution is -0.130. The van der Waals surface area contributed by atoms with Crippen LogP contribution < -0.4 is 0 Å². The summed E-state index contributed by atoms with van der Waals surface area (Å²) in [7, 11) is 0. The first-order valence-corrected chi connectivity index (χ1v) is 10.4. The van der Waals surface area contributed by atoms with Gasteiger partial charge in [-0.25, -0.2) is 0 Å². The van der Waals surface area contributed by atoms with Crippen molar-refractivity contribution < 1.29 is 9.59 Å². The zero-order valence-corrected chi connectivity index (χ0v) is 16.1. The molecule has 1 aliphatic carbocycles. The highest BCUT2D eigenvalue weighted by atomic mass is 16.2. The van der Waals surface area contributed by atoms with E-state index >= 15 is 0 Å². The molecular weight excluding hydrogens is 348 g/mol. The minimum absolute atomic E-state index is 0.155. The molecule has 2 aromatic rings. The molecule has 1 amide bonds. The smallest absolute Gasteiger partial charge is 0.295 e. The Morgan fingerprint density at radius 1 is 0.750 bits per heavy atom. The molecule has 0 radical (unpaired) electrons. The van der Waals surface area contributed by atoms with Crippen LogP contribution in [0.25, 0.3) is 0 Å². The molecule has 28 heavy (non-hydrogen) atoms. The maximum atomic E-state index is 13.0. The van der Waals surface area contributed by atoms with Crippen LogP contribution in [0.4, 0.5) is 0 Å². The largest absolute Gasteiger partial charge is 0.331 e. The minimum Gasteiger partial charge on any atom is -0.331 e. The maximum Gasteiger partial charge on any atom is 0.295 e. The van der Waals surface area contributed by atoms with Crippen LogP contribution in [0.1, 0.15) is 34.3 Å². The number of benzene rings is 2. The topological polar surface area (TPSA) is 40.6 Å². The van der Waals surface area contributed by atoms with Crippen LogP contribution in [-0.4, -0.2) is 53.2 Å². The second-order valence-corrected chi connectivity index (χ2v) is 8.53. The zero-order chi connectivity index (χ0) is 19.1. The van der Waals surface area contributed by atoms with Gasteiger partial charge in [-0.2, -0.15) is 0 Å². The molecule has 6 rings (SSSR count). The van der Waals surface area contributed by atoms with E-state index in [4.69, 9.17) is 0 Å². The van der Waals surface area contributed by atoms with Gasteiger partial charge >= 0.3 is 0 Å². The Kier molecular flexibility index (Phi) is 4.52. The molecule has 0 N–H and O–H groups in total. The third-order valence-corrected chi connectivity index (χ3v) is 6.78. The highest BCUT2D eigenvalue weighted by Crippen LogP contribution is 2.33. The van der Waals surface area contributed by atoms with Crippen LogP contribution in [0.2, 0.25) is 0 Å². The van der Waals surface area contributed by atoms with Gasteiger partial charge in [-0.05, 0) is 42.7 Å². The van der Waals surface area contributed by atoms with Gasteiger partial charge in [-0.1, -0.05) is 54.6 Å². The molecule has 0 saturated carbocycles. The monoisotopic (exact) mass is 374 g/mol. The van der Waals surface area contributed by atoms with E-state index in [1.54, 1.807) is 12.1 Å². The lowest BCUT2D eigenvalue weighted by Crippen LogP contribution is -2.50. The second kappa shape index (κ2) is 7.17. The predicted octanol–water partition coefficient (Wildman–Crippen LogP) is 2.96. The van der Waals surface area contributed by atoms with Crippen molar-refractivity contribution in [3.8, 4) is 0 Å². The van der Waals surface area contributed by atoms with Gasteiger partial charge < -0.3 is 4.90 Å². The summed E-state index contributed by atoms with van der Waals surface area (Å²) in [4.78, 5) is 30.2. The van der Waals surface area contributed by atoms with Crippen LogP contribution in [0.15, 0.2) is 54.6 Å². The number of hydrogen-bond acceptors (Lipinski definition) is 3. The second-order valence-electron chi connectivity index (χ2n) is 8.53. The molecule has 0 unspecified atom stereocenters. The quantitative estimate of drug-likeness (QED) is 0.613. The van der Waals surface area contributed by atoms with Crippen LogP contribution in [0, 0.1) is 5.92 Å². The number of rotatable bonds is 3. The summed E-state index contributed by atoms with van der Waals surface area (Å²) in [6, 6.07) is 18.4. The number of Topliss-reactive ketones (excluding diaryl/α,β-unsaturated/α-hetero) is 1. The Morgan fingerprint density at radius 2 is 1.43 bits per heavy atom. The molecule has 2 aromatic carbocycles. The van der Waals surface area contributed by atoms with Gasteiger partial charge in [0.25, 0.3) is 5.91 Å². The van der Waals surface area contributed by atoms with Crippen molar-refractivity contribution in [2.24, 2.45) is 5.92 Å². The molecule has 3 saturated heterocycles. The summed E-state index contributed by atoms with van der Waals surface area (Å²) >= 11 is 0. The molecular formula is C24H26N2O2. The van der Waals surface area contributed by atoms with Gasteiger partial charge in [-0.15, -0.1) is 0 Å². The summed E-state index contributed by atoms with van der Waals surface area (Å²) in [5.74, 6) is -0.222. The van der Waals surface area contributed by atoms with Crippen LogP contribution >= 0.6 is 0 Å². The SMILES string of the molecule is O=C(C(=O)N1C[C@H]2CC[C@@H]1CN(C1Cc3ccccc3C1)C2)c1ccccc1. The van der Waals surface area contributed by atoms with E-state index < -0.39 is 0 Å². The van der Waals surface area contributed by atoms with Crippen molar-refractivity contribution in [2.45, 2.75) is 37.8 Å². The molecule has 4 heteroatoms. The summed E-state index contributed by atoms with van der Waals surface area (Å²) in [6.07, 6.45) is 4.37. The molecule has 0 spiro atoms. The van der Waals surface area contributed by atoms with Crippen LogP contribution in [0.5, 0.6) is 0 Å². The van der Waals surface area contributed by atoms with E-state index in [0.29, 0.717) is 17.5 Å². The Balaban J connectivity index is 1.32. The standard InChI is InChI=1S/C24H26N2O2/c27-23(18-6-2-1-3-7-18)24(28)26-15-17-10-11-21(26)16-25(14-17)22-12-19-8-4-5-9-20(19)13-22/h1-9,17,21-22H,10-16H2/t17-,21+/m0/s1. The Bertz CT molecular complexity index is 869. The third kappa shape index (κ3) is 3.16. The number of hydrogen-bond donors (Lipinski definition) is 0. The van der Waals surface area contributed by atoms with Gasteiger partial charge in [0, 0.05) is 37.3 Å². The molecule has 2 bridgehead atoms. The van der Waals surface area contributed by atoms with Gasteiger partial charge in [0.15, 0.2) is 0 Å². The molecule has 3 fully saturated rings. The molecule has 4 aliphatic rings. The number of amides is 1. The summed E-state index contributed by atoms with van der Waals surface area (Å²) < 4.78 is 0. The first-order chi connectivity index (χ1) is 13.7. The van der Waals surface area contributed by atoms with E-state index in [9.17, 15) is 9.59 Å². The fraction of sp³-hybridized carbons (Fsp3) is 0.417. The van der Waals surface area contributed by atoms with Gasteiger partial charge in [0.05, 0.1) is 0 Å². The summed E-state index contributed by atoms with van der Waals surface area (Å²) in [6.45, 7) is 2.65. The van der Waals surface area contributed by atoms with Crippen molar-refractivity contribution in [1.82, 2.24) is 9.80 Å². The molecule has 2 atom stereocenters. The average Bonchev–Trinajstić information content (AvgIpc) is 2.96. The van der Waals surface area contributed by atoms with E-state index in [1.807, 2.05) is 23.1 Å². The first-order valence-electron chi connectivity index (χ1n) is 10.4. The normalized spacial score (nSPS) is 24.8. The molecule has 0 aromatic heterocycles. The van der Waals surface area contributed by atoms with E-state index in [2.05, 4.69) is 29.2 Å². The summed E-state index contributed by atoms with van der Waals surface area (Å²) in [5.41, 5.74) is 3.43. The first kappa shape index (κ1) is 17.6. The predicted molar refractivity (Wildman–Crippen MR) is 108 cm³/mol. The molecule has 3 heterocycles. The highest BCUT2D eigenvalue weighted by molar-refractivity contribution is 6.42. The number of nitrogens with zero attached hydrogens (tertiary/aromatic N) is 2. The Morgan fingerprint density at radius 3 is 2.14 bits per heavy atom. The van der Waals surface area contributed by atoms with Gasteiger partial charge in [0.2, 0.25) is 5.78 Å². The maximum absolute atomic E-state index is 13.0. The van der Waals surface area contributed by atoms with Crippen molar-refractivity contribution in [2.75, 3.05) is 19.6 Å². The highest BCUT2D eigenvalue weighted by Gasteiger charge is 2.41. The number of fused-ring (bicyclic) bond motifs is 5.